The lowest BCUT2D eigenvalue weighted by atomic mass is 10.3. The molecular formula is C9H9N3O5. The lowest BCUT2D eigenvalue weighted by Crippen LogP contribution is -2.28. The molecule has 0 aliphatic rings. The molecule has 0 saturated carbocycles. The maximum atomic E-state index is 11.3. The molecule has 0 aliphatic heterocycles. The molecule has 0 N–H and O–H groups in total. The number of hydrogen-bond donors (Lipinski definition) is 0. The van der Waals surface area contributed by atoms with E-state index in [0.29, 0.717) is 5.01 Å². The molecule has 90 valence electrons. The Balaban J connectivity index is 2.91. The van der Waals surface area contributed by atoms with Crippen molar-refractivity contribution >= 4 is 11.8 Å². The lowest BCUT2D eigenvalue weighted by molar-refractivity contribution is -0.385. The maximum absolute atomic E-state index is 11.3. The highest BCUT2D eigenvalue weighted by molar-refractivity contribution is 5.71. The molecule has 0 radical (unpaired) electrons. The van der Waals surface area contributed by atoms with Crippen molar-refractivity contribution in [1.29, 1.82) is 0 Å². The molecule has 0 atom stereocenters. The Bertz CT molecular complexity index is 448. The predicted molar refractivity (Wildman–Crippen MR) is 57.3 cm³/mol. The summed E-state index contributed by atoms with van der Waals surface area (Å²) in [5, 5.41) is 13.6. The molecule has 0 unspecified atom stereocenters. The van der Waals surface area contributed by atoms with E-state index in [4.69, 9.17) is 4.74 Å². The number of nitro groups is 1. The first-order chi connectivity index (χ1) is 8.10. The summed E-state index contributed by atoms with van der Waals surface area (Å²) < 4.78 is 4.70. The van der Waals surface area contributed by atoms with E-state index in [2.05, 4.69) is 5.29 Å². The van der Waals surface area contributed by atoms with Crippen LogP contribution in [0.15, 0.2) is 29.6 Å². The number of carbonyl (C=O) groups is 1. The van der Waals surface area contributed by atoms with Crippen LogP contribution in [0.1, 0.15) is 6.92 Å². The highest BCUT2D eigenvalue weighted by Crippen LogP contribution is 2.26. The average Bonchev–Trinajstić information content (AvgIpc) is 2.31. The first kappa shape index (κ1) is 12.6. The number of benzene rings is 1. The van der Waals surface area contributed by atoms with E-state index in [9.17, 15) is 19.8 Å². The number of rotatable bonds is 4. The van der Waals surface area contributed by atoms with E-state index in [0.717, 1.165) is 0 Å². The molecule has 0 aliphatic carbocycles. The maximum Gasteiger partial charge on any atom is 0.438 e. The summed E-state index contributed by atoms with van der Waals surface area (Å²) in [4.78, 5) is 31.5. The molecule has 0 spiro atoms. The number of hydrogen-bond acceptors (Lipinski definition) is 6. The Morgan fingerprint density at radius 3 is 2.71 bits per heavy atom. The fraction of sp³-hybridized carbons (Fsp3) is 0.222. The van der Waals surface area contributed by atoms with E-state index in [1.807, 2.05) is 0 Å². The summed E-state index contributed by atoms with van der Waals surface area (Å²) >= 11 is 0. The van der Waals surface area contributed by atoms with Crippen LogP contribution in [-0.2, 0) is 0 Å². The van der Waals surface area contributed by atoms with Crippen molar-refractivity contribution in [2.24, 2.45) is 5.29 Å². The molecule has 17 heavy (non-hydrogen) atoms. The van der Waals surface area contributed by atoms with Crippen LogP contribution in [0.3, 0.4) is 0 Å². The van der Waals surface area contributed by atoms with Crippen molar-refractivity contribution in [2.75, 3.05) is 6.54 Å². The van der Waals surface area contributed by atoms with Gasteiger partial charge in [-0.1, -0.05) is 12.1 Å². The predicted octanol–water partition coefficient (Wildman–Crippen LogP) is 2.10. The second-order valence-electron chi connectivity index (χ2n) is 2.89. The van der Waals surface area contributed by atoms with Gasteiger partial charge < -0.3 is 4.74 Å². The SMILES string of the molecule is CCN(N=O)C(=O)Oc1ccccc1[N+](=O)[O-]. The van der Waals surface area contributed by atoms with Crippen LogP contribution in [0, 0.1) is 15.0 Å². The number of amides is 1. The van der Waals surface area contributed by atoms with Gasteiger partial charge in [0.25, 0.3) is 0 Å². The summed E-state index contributed by atoms with van der Waals surface area (Å²) in [5.41, 5.74) is -0.359. The molecule has 1 rings (SSSR count). The van der Waals surface area contributed by atoms with Crippen molar-refractivity contribution in [3.05, 3.63) is 39.3 Å². The van der Waals surface area contributed by atoms with Crippen molar-refractivity contribution in [3.63, 3.8) is 0 Å². The molecule has 0 bridgehead atoms. The van der Waals surface area contributed by atoms with Gasteiger partial charge in [-0.05, 0) is 13.0 Å². The fourth-order valence-electron chi connectivity index (χ4n) is 1.06. The van der Waals surface area contributed by atoms with E-state index in [1.54, 1.807) is 0 Å². The number of ether oxygens (including phenoxy) is 1. The Morgan fingerprint density at radius 1 is 1.53 bits per heavy atom. The first-order valence-corrected chi connectivity index (χ1v) is 4.66. The quantitative estimate of drug-likeness (QED) is 0.454. The van der Waals surface area contributed by atoms with Crippen LogP contribution >= 0.6 is 0 Å². The minimum absolute atomic E-state index is 0.0168. The normalized spacial score (nSPS) is 9.47. The standard InChI is InChI=1S/C9H9N3O5/c1-2-11(10-14)9(13)17-8-6-4-3-5-7(8)12(15)16/h3-6H,2H2,1H3. The van der Waals surface area contributed by atoms with Crippen molar-refractivity contribution in [1.82, 2.24) is 5.01 Å². The summed E-state index contributed by atoms with van der Waals surface area (Å²) in [5.74, 6) is -0.232. The van der Waals surface area contributed by atoms with E-state index >= 15 is 0 Å². The van der Waals surface area contributed by atoms with Gasteiger partial charge in [0, 0.05) is 12.6 Å². The molecule has 0 aromatic heterocycles. The van der Waals surface area contributed by atoms with Crippen LogP contribution in [0.5, 0.6) is 5.75 Å². The Labute approximate surface area is 95.9 Å². The van der Waals surface area contributed by atoms with Gasteiger partial charge in [-0.25, -0.2) is 4.79 Å². The number of carbonyl (C=O) groups excluding carboxylic acids is 1. The second kappa shape index (κ2) is 5.54. The highest BCUT2D eigenvalue weighted by Gasteiger charge is 2.20. The average molecular weight is 239 g/mol. The van der Waals surface area contributed by atoms with Crippen molar-refractivity contribution in [3.8, 4) is 5.75 Å². The third-order valence-corrected chi connectivity index (χ3v) is 1.87. The molecule has 1 aromatic carbocycles. The van der Waals surface area contributed by atoms with Crippen LogP contribution in [0.2, 0.25) is 0 Å². The zero-order chi connectivity index (χ0) is 12.8. The molecule has 1 amide bonds. The Kier molecular flexibility index (Phi) is 4.09. The van der Waals surface area contributed by atoms with Gasteiger partial charge in [0.1, 0.15) is 0 Å². The topological polar surface area (TPSA) is 102 Å². The van der Waals surface area contributed by atoms with Gasteiger partial charge in [-0.3, -0.25) is 10.1 Å². The third-order valence-electron chi connectivity index (χ3n) is 1.87. The summed E-state index contributed by atoms with van der Waals surface area (Å²) in [6, 6.07) is 5.35. The minimum Gasteiger partial charge on any atom is -0.401 e. The number of nitro benzene ring substituents is 1. The van der Waals surface area contributed by atoms with Gasteiger partial charge in [-0.2, -0.15) is 5.01 Å². The lowest BCUT2D eigenvalue weighted by Gasteiger charge is -2.10. The number of para-hydroxylation sites is 2. The fourth-order valence-corrected chi connectivity index (χ4v) is 1.06. The van der Waals surface area contributed by atoms with Gasteiger partial charge in [0.15, 0.2) is 0 Å². The van der Waals surface area contributed by atoms with Crippen LogP contribution in [0.25, 0.3) is 0 Å². The number of nitrogens with zero attached hydrogens (tertiary/aromatic N) is 3. The molecule has 1 aromatic rings. The van der Waals surface area contributed by atoms with E-state index < -0.39 is 11.0 Å². The van der Waals surface area contributed by atoms with Crippen molar-refractivity contribution in [2.45, 2.75) is 6.92 Å². The molecule has 0 heterocycles. The van der Waals surface area contributed by atoms with Gasteiger partial charge in [0.05, 0.1) is 10.2 Å². The Hall–Kier alpha value is -2.51. The largest absolute Gasteiger partial charge is 0.438 e. The summed E-state index contributed by atoms with van der Waals surface area (Å²) in [6.07, 6.45) is -1.06. The van der Waals surface area contributed by atoms with E-state index in [-0.39, 0.29) is 18.0 Å². The highest BCUT2D eigenvalue weighted by atomic mass is 16.6. The van der Waals surface area contributed by atoms with Crippen LogP contribution in [0.4, 0.5) is 10.5 Å². The van der Waals surface area contributed by atoms with Crippen LogP contribution < -0.4 is 4.74 Å². The second-order valence-corrected chi connectivity index (χ2v) is 2.89. The zero-order valence-corrected chi connectivity index (χ0v) is 8.90. The Morgan fingerprint density at radius 2 is 2.18 bits per heavy atom. The summed E-state index contributed by atoms with van der Waals surface area (Å²) in [6.45, 7) is 1.53. The van der Waals surface area contributed by atoms with Crippen LogP contribution in [-0.4, -0.2) is 22.6 Å². The smallest absolute Gasteiger partial charge is 0.401 e. The van der Waals surface area contributed by atoms with E-state index in [1.165, 1.54) is 31.2 Å². The van der Waals surface area contributed by atoms with Crippen molar-refractivity contribution < 1.29 is 14.5 Å². The van der Waals surface area contributed by atoms with Gasteiger partial charge in [0.2, 0.25) is 5.75 Å². The first-order valence-electron chi connectivity index (χ1n) is 4.66. The minimum atomic E-state index is -1.06. The summed E-state index contributed by atoms with van der Waals surface area (Å²) in [7, 11) is 0. The number of nitroso groups, excluding NO2 is 1. The molecule has 8 heteroatoms. The van der Waals surface area contributed by atoms with Gasteiger partial charge in [-0.15, -0.1) is 4.91 Å². The molecule has 8 nitrogen and oxygen atoms in total. The third kappa shape index (κ3) is 2.97. The molecular weight excluding hydrogens is 230 g/mol. The monoisotopic (exact) mass is 239 g/mol. The van der Waals surface area contributed by atoms with Gasteiger partial charge >= 0.3 is 11.8 Å². The zero-order valence-electron chi connectivity index (χ0n) is 8.90. The molecule has 0 saturated heterocycles. The molecule has 0 fully saturated rings.